The smallest absolute Gasteiger partial charge is 0.0663 e. The molecule has 0 aliphatic heterocycles. The van der Waals surface area contributed by atoms with Crippen LogP contribution in [0.5, 0.6) is 0 Å². The van der Waals surface area contributed by atoms with E-state index in [2.05, 4.69) is 43.3 Å². The second-order valence-electron chi connectivity index (χ2n) is 5.16. The molecule has 1 aromatic carbocycles. The molecule has 0 amide bonds. The summed E-state index contributed by atoms with van der Waals surface area (Å²) in [6.45, 7) is 10.2. The van der Waals surface area contributed by atoms with E-state index < -0.39 is 0 Å². The van der Waals surface area contributed by atoms with Gasteiger partial charge in [-0.25, -0.2) is 4.68 Å². The molecule has 0 aliphatic rings. The summed E-state index contributed by atoms with van der Waals surface area (Å²) in [5, 5.41) is 8.73. The van der Waals surface area contributed by atoms with Crippen molar-refractivity contribution in [3.63, 3.8) is 0 Å². The number of benzene rings is 1. The van der Waals surface area contributed by atoms with Gasteiger partial charge in [-0.3, -0.25) is 0 Å². The highest BCUT2D eigenvalue weighted by atomic mass is 35.5. The van der Waals surface area contributed by atoms with Crippen molar-refractivity contribution >= 4 is 11.6 Å². The van der Waals surface area contributed by atoms with Gasteiger partial charge in [0.15, 0.2) is 0 Å². The molecule has 4 heteroatoms. The minimum Gasteiger partial charge on any atom is -0.313 e. The van der Waals surface area contributed by atoms with Gasteiger partial charge in [-0.2, -0.15) is 5.10 Å². The molecular formula is C16H22ClN3. The van der Waals surface area contributed by atoms with Crippen molar-refractivity contribution in [1.82, 2.24) is 15.1 Å². The first-order chi connectivity index (χ1) is 9.54. The van der Waals surface area contributed by atoms with Gasteiger partial charge >= 0.3 is 0 Å². The third-order valence-electron chi connectivity index (χ3n) is 3.68. The van der Waals surface area contributed by atoms with E-state index in [9.17, 15) is 0 Å². The minimum absolute atomic E-state index is 0.788. The fourth-order valence-corrected chi connectivity index (χ4v) is 2.42. The van der Waals surface area contributed by atoms with E-state index in [-0.39, 0.29) is 0 Å². The summed E-state index contributed by atoms with van der Waals surface area (Å²) in [7, 11) is 0. The van der Waals surface area contributed by atoms with Crippen LogP contribution in [0.2, 0.25) is 5.02 Å². The molecule has 1 heterocycles. The minimum atomic E-state index is 0.788. The Bertz CT molecular complexity index is 602. The second-order valence-corrected chi connectivity index (χ2v) is 5.57. The normalized spacial score (nSPS) is 11.1. The van der Waals surface area contributed by atoms with E-state index in [1.807, 2.05) is 17.7 Å². The van der Waals surface area contributed by atoms with Crippen LogP contribution in [0, 0.1) is 20.8 Å². The summed E-state index contributed by atoms with van der Waals surface area (Å²) in [5.74, 6) is 0. The highest BCUT2D eigenvalue weighted by molar-refractivity contribution is 6.31. The Labute approximate surface area is 126 Å². The monoisotopic (exact) mass is 291 g/mol. The zero-order valence-corrected chi connectivity index (χ0v) is 13.4. The van der Waals surface area contributed by atoms with Gasteiger partial charge in [-0.05, 0) is 57.0 Å². The molecule has 1 aromatic heterocycles. The van der Waals surface area contributed by atoms with Crippen LogP contribution >= 0.6 is 11.6 Å². The molecule has 3 nitrogen and oxygen atoms in total. The predicted octanol–water partition coefficient (Wildman–Crippen LogP) is 3.95. The molecule has 0 radical (unpaired) electrons. The summed E-state index contributed by atoms with van der Waals surface area (Å²) in [5.41, 5.74) is 5.60. The van der Waals surface area contributed by atoms with Crippen molar-refractivity contribution in [3.05, 3.63) is 45.7 Å². The molecule has 2 aromatic rings. The third-order valence-corrected chi connectivity index (χ3v) is 4.03. The Hall–Kier alpha value is -1.32. The van der Waals surface area contributed by atoms with Crippen LogP contribution in [0.1, 0.15) is 35.9 Å². The molecule has 0 aliphatic carbocycles. The topological polar surface area (TPSA) is 29.9 Å². The van der Waals surface area contributed by atoms with Crippen molar-refractivity contribution in [3.8, 4) is 5.69 Å². The van der Waals surface area contributed by atoms with Crippen LogP contribution in [-0.4, -0.2) is 16.3 Å². The molecule has 0 atom stereocenters. The largest absolute Gasteiger partial charge is 0.313 e. The fourth-order valence-electron chi connectivity index (χ4n) is 2.18. The second kappa shape index (κ2) is 6.42. The van der Waals surface area contributed by atoms with Crippen molar-refractivity contribution < 1.29 is 0 Å². The van der Waals surface area contributed by atoms with Crippen LogP contribution in [0.4, 0.5) is 0 Å². The Balaban J connectivity index is 2.26. The van der Waals surface area contributed by atoms with Gasteiger partial charge in [-0.1, -0.05) is 24.6 Å². The van der Waals surface area contributed by atoms with Gasteiger partial charge in [0.2, 0.25) is 0 Å². The summed E-state index contributed by atoms with van der Waals surface area (Å²) < 4.78 is 1.96. The Morgan fingerprint density at radius 2 is 2.00 bits per heavy atom. The average Bonchev–Trinajstić information content (AvgIpc) is 2.68. The lowest BCUT2D eigenvalue weighted by atomic mass is 10.2. The molecule has 0 saturated carbocycles. The van der Waals surface area contributed by atoms with Crippen LogP contribution in [-0.2, 0) is 6.54 Å². The van der Waals surface area contributed by atoms with Crippen LogP contribution in [0.3, 0.4) is 0 Å². The molecule has 2 rings (SSSR count). The summed E-state index contributed by atoms with van der Waals surface area (Å²) in [6, 6.07) is 6.14. The van der Waals surface area contributed by atoms with Gasteiger partial charge < -0.3 is 5.32 Å². The predicted molar refractivity (Wildman–Crippen MR) is 84.8 cm³/mol. The Morgan fingerprint density at radius 3 is 2.55 bits per heavy atom. The maximum absolute atomic E-state index is 6.38. The Morgan fingerprint density at radius 1 is 1.25 bits per heavy atom. The Kier molecular flexibility index (Phi) is 4.84. The van der Waals surface area contributed by atoms with Gasteiger partial charge in [0.25, 0.3) is 0 Å². The number of aromatic nitrogens is 2. The summed E-state index contributed by atoms with van der Waals surface area (Å²) in [6.07, 6.45) is 1.13. The van der Waals surface area contributed by atoms with Gasteiger partial charge in [0, 0.05) is 17.3 Å². The van der Waals surface area contributed by atoms with Crippen molar-refractivity contribution in [2.75, 3.05) is 6.54 Å². The number of aryl methyl sites for hydroxylation is 1. The number of nitrogens with zero attached hydrogens (tertiary/aromatic N) is 2. The maximum atomic E-state index is 6.38. The van der Waals surface area contributed by atoms with E-state index in [0.29, 0.717) is 0 Å². The number of hydrogen-bond donors (Lipinski definition) is 1. The lowest BCUT2D eigenvalue weighted by molar-refractivity contribution is 0.675. The molecule has 0 bridgehead atoms. The quantitative estimate of drug-likeness (QED) is 0.845. The lowest BCUT2D eigenvalue weighted by Crippen LogP contribution is -2.14. The van der Waals surface area contributed by atoms with Crippen LogP contribution in [0.25, 0.3) is 5.69 Å². The number of halogens is 1. The van der Waals surface area contributed by atoms with E-state index in [1.165, 1.54) is 5.56 Å². The highest BCUT2D eigenvalue weighted by Crippen LogP contribution is 2.22. The molecular weight excluding hydrogens is 270 g/mol. The first kappa shape index (κ1) is 15.1. The first-order valence-electron chi connectivity index (χ1n) is 7.07. The molecule has 0 saturated heterocycles. The van der Waals surface area contributed by atoms with Gasteiger partial charge in [0.05, 0.1) is 11.4 Å². The molecule has 0 fully saturated rings. The van der Waals surface area contributed by atoms with Crippen molar-refractivity contribution in [2.24, 2.45) is 0 Å². The number of hydrogen-bond acceptors (Lipinski definition) is 2. The SMILES string of the molecule is CCCNCc1ccc(-n2nc(C)c(C)c2C)cc1Cl. The molecule has 20 heavy (non-hydrogen) atoms. The standard InChI is InChI=1S/C16H22ClN3/c1-5-8-18-10-14-6-7-15(9-16(14)17)20-13(4)11(2)12(3)19-20/h6-7,9,18H,5,8,10H2,1-4H3. The van der Waals surface area contributed by atoms with E-state index in [0.717, 1.165) is 47.2 Å². The zero-order valence-electron chi connectivity index (χ0n) is 12.6. The van der Waals surface area contributed by atoms with Crippen LogP contribution < -0.4 is 5.32 Å². The maximum Gasteiger partial charge on any atom is 0.0663 e. The number of nitrogens with one attached hydrogen (secondary N) is 1. The summed E-state index contributed by atoms with van der Waals surface area (Å²) >= 11 is 6.38. The zero-order chi connectivity index (χ0) is 14.7. The van der Waals surface area contributed by atoms with E-state index in [1.54, 1.807) is 0 Å². The molecule has 0 spiro atoms. The van der Waals surface area contributed by atoms with Crippen LogP contribution in [0.15, 0.2) is 18.2 Å². The average molecular weight is 292 g/mol. The van der Waals surface area contributed by atoms with Gasteiger partial charge in [0.1, 0.15) is 0 Å². The molecule has 0 unspecified atom stereocenters. The van der Waals surface area contributed by atoms with Crippen molar-refractivity contribution in [2.45, 2.75) is 40.7 Å². The first-order valence-corrected chi connectivity index (χ1v) is 7.44. The van der Waals surface area contributed by atoms with E-state index in [4.69, 9.17) is 11.6 Å². The third kappa shape index (κ3) is 3.05. The fraction of sp³-hybridized carbons (Fsp3) is 0.438. The molecule has 108 valence electrons. The van der Waals surface area contributed by atoms with E-state index >= 15 is 0 Å². The highest BCUT2D eigenvalue weighted by Gasteiger charge is 2.10. The van der Waals surface area contributed by atoms with Gasteiger partial charge in [-0.15, -0.1) is 0 Å². The van der Waals surface area contributed by atoms with Crippen molar-refractivity contribution in [1.29, 1.82) is 0 Å². The number of rotatable bonds is 5. The lowest BCUT2D eigenvalue weighted by Gasteiger charge is -2.09. The molecule has 1 N–H and O–H groups in total. The summed E-state index contributed by atoms with van der Waals surface area (Å²) in [4.78, 5) is 0.